The van der Waals surface area contributed by atoms with E-state index in [2.05, 4.69) is 25.4 Å². The SMILES string of the molecule is C[C@@H](Sc1nnc(-c2c[nH]c3ccccc23)o1)C(=O)Nc1ccc(N2CCOCC2)cc1. The van der Waals surface area contributed by atoms with Crippen LogP contribution in [0.1, 0.15) is 6.92 Å². The number of nitrogens with one attached hydrogen (secondary N) is 2. The molecular formula is C23H23N5O3S. The Morgan fingerprint density at radius 1 is 1.12 bits per heavy atom. The number of H-pyrrole nitrogens is 1. The van der Waals surface area contributed by atoms with E-state index in [1.54, 1.807) is 0 Å². The maximum atomic E-state index is 12.7. The monoisotopic (exact) mass is 449 g/mol. The molecule has 2 aromatic carbocycles. The Hall–Kier alpha value is -3.30. The van der Waals surface area contributed by atoms with E-state index in [1.807, 2.05) is 61.7 Å². The molecule has 0 aliphatic carbocycles. The van der Waals surface area contributed by atoms with Gasteiger partial charge in [0.1, 0.15) is 0 Å². The molecule has 1 aliphatic heterocycles. The predicted octanol–water partition coefficient (Wildman–Crippen LogP) is 4.17. The topological polar surface area (TPSA) is 96.3 Å². The van der Waals surface area contributed by atoms with Crippen molar-refractivity contribution in [3.05, 3.63) is 54.7 Å². The van der Waals surface area contributed by atoms with Crippen LogP contribution in [0.5, 0.6) is 0 Å². The number of carbonyl (C=O) groups excluding carboxylic acids is 1. The summed E-state index contributed by atoms with van der Waals surface area (Å²) in [5.41, 5.74) is 3.73. The number of nitrogens with zero attached hydrogens (tertiary/aromatic N) is 3. The van der Waals surface area contributed by atoms with Gasteiger partial charge < -0.3 is 24.4 Å². The zero-order chi connectivity index (χ0) is 21.9. The van der Waals surface area contributed by atoms with Gasteiger partial charge in [-0.25, -0.2) is 0 Å². The number of anilines is 2. The molecule has 0 unspecified atom stereocenters. The van der Waals surface area contributed by atoms with Gasteiger partial charge >= 0.3 is 0 Å². The van der Waals surface area contributed by atoms with Gasteiger partial charge in [-0.05, 0) is 37.3 Å². The van der Waals surface area contributed by atoms with Gasteiger partial charge in [0.15, 0.2) is 0 Å². The summed E-state index contributed by atoms with van der Waals surface area (Å²) < 4.78 is 11.2. The van der Waals surface area contributed by atoms with Crippen LogP contribution in [-0.4, -0.2) is 52.6 Å². The maximum Gasteiger partial charge on any atom is 0.277 e. The molecule has 2 aromatic heterocycles. The van der Waals surface area contributed by atoms with E-state index in [-0.39, 0.29) is 5.91 Å². The summed E-state index contributed by atoms with van der Waals surface area (Å²) in [6, 6.07) is 15.8. The highest BCUT2D eigenvalue weighted by Crippen LogP contribution is 2.31. The smallest absolute Gasteiger partial charge is 0.277 e. The van der Waals surface area contributed by atoms with Crippen LogP contribution in [0, 0.1) is 0 Å². The fraction of sp³-hybridized carbons (Fsp3) is 0.261. The molecule has 1 aliphatic rings. The number of carbonyl (C=O) groups is 1. The first-order valence-corrected chi connectivity index (χ1v) is 11.4. The second-order valence-corrected chi connectivity index (χ2v) is 8.81. The number of hydrogen-bond acceptors (Lipinski definition) is 7. The molecule has 8 nitrogen and oxygen atoms in total. The number of para-hydroxylation sites is 1. The fourth-order valence-electron chi connectivity index (χ4n) is 3.64. The number of rotatable bonds is 6. The number of benzene rings is 2. The number of fused-ring (bicyclic) bond motifs is 1. The van der Waals surface area contributed by atoms with Gasteiger partial charge in [0.25, 0.3) is 11.1 Å². The lowest BCUT2D eigenvalue weighted by atomic mass is 10.2. The van der Waals surface area contributed by atoms with Crippen LogP contribution in [0.4, 0.5) is 11.4 Å². The van der Waals surface area contributed by atoms with Crippen LogP contribution in [0.15, 0.2) is 64.4 Å². The average Bonchev–Trinajstić information content (AvgIpc) is 3.47. The number of amides is 1. The Balaban J connectivity index is 1.21. The first-order valence-electron chi connectivity index (χ1n) is 10.5. The highest BCUT2D eigenvalue weighted by molar-refractivity contribution is 8.00. The second-order valence-electron chi connectivity index (χ2n) is 7.52. The van der Waals surface area contributed by atoms with Crippen LogP contribution < -0.4 is 10.2 Å². The molecule has 32 heavy (non-hydrogen) atoms. The van der Waals surface area contributed by atoms with E-state index in [1.165, 1.54) is 11.8 Å². The molecule has 0 saturated carbocycles. The zero-order valence-electron chi connectivity index (χ0n) is 17.6. The van der Waals surface area contributed by atoms with Crippen molar-refractivity contribution < 1.29 is 13.9 Å². The molecule has 1 atom stereocenters. The van der Waals surface area contributed by atoms with Gasteiger partial charge in [-0.1, -0.05) is 30.0 Å². The number of aromatic amines is 1. The molecule has 164 valence electrons. The molecule has 9 heteroatoms. The summed E-state index contributed by atoms with van der Waals surface area (Å²) in [4.78, 5) is 18.1. The van der Waals surface area contributed by atoms with E-state index < -0.39 is 5.25 Å². The van der Waals surface area contributed by atoms with Crippen molar-refractivity contribution >= 4 is 39.9 Å². The molecule has 0 radical (unpaired) electrons. The number of ether oxygens (including phenoxy) is 1. The first kappa shape index (κ1) is 20.6. The van der Waals surface area contributed by atoms with E-state index in [0.29, 0.717) is 11.1 Å². The van der Waals surface area contributed by atoms with E-state index in [9.17, 15) is 4.79 Å². The Kier molecular flexibility index (Phi) is 5.83. The number of hydrogen-bond donors (Lipinski definition) is 2. The minimum atomic E-state index is -0.398. The zero-order valence-corrected chi connectivity index (χ0v) is 18.4. The van der Waals surface area contributed by atoms with Crippen molar-refractivity contribution in [3.63, 3.8) is 0 Å². The Bertz CT molecular complexity index is 1210. The molecular weight excluding hydrogens is 426 g/mol. The summed E-state index contributed by atoms with van der Waals surface area (Å²) in [5.74, 6) is 0.303. The molecule has 2 N–H and O–H groups in total. The van der Waals surface area contributed by atoms with Crippen molar-refractivity contribution in [2.45, 2.75) is 17.4 Å². The van der Waals surface area contributed by atoms with Crippen molar-refractivity contribution in [1.29, 1.82) is 0 Å². The third-order valence-corrected chi connectivity index (χ3v) is 6.32. The van der Waals surface area contributed by atoms with Gasteiger partial charge in [-0.15, -0.1) is 10.2 Å². The summed E-state index contributed by atoms with van der Waals surface area (Å²) in [7, 11) is 0. The standard InChI is InChI=1S/C23H23N5O3S/c1-15(21(29)25-16-6-8-17(9-7-16)28-10-12-30-13-11-28)32-23-27-26-22(31-23)19-14-24-20-5-3-2-4-18(19)20/h2-9,14-15,24H,10-13H2,1H3,(H,25,29)/t15-/m1/s1. The third kappa shape index (κ3) is 4.35. The fourth-order valence-corrected chi connectivity index (χ4v) is 4.32. The summed E-state index contributed by atoms with van der Waals surface area (Å²) in [6.45, 7) is 5.06. The van der Waals surface area contributed by atoms with Gasteiger partial charge in [0.2, 0.25) is 5.91 Å². The van der Waals surface area contributed by atoms with Gasteiger partial charge in [-0.3, -0.25) is 4.79 Å². The minimum Gasteiger partial charge on any atom is -0.411 e. The van der Waals surface area contributed by atoms with E-state index in [0.717, 1.165) is 54.1 Å². The normalized spacial score (nSPS) is 15.1. The lowest BCUT2D eigenvalue weighted by molar-refractivity contribution is -0.115. The van der Waals surface area contributed by atoms with Gasteiger partial charge in [-0.2, -0.15) is 0 Å². The molecule has 4 aromatic rings. The lowest BCUT2D eigenvalue weighted by Gasteiger charge is -2.28. The first-order chi connectivity index (χ1) is 15.7. The molecule has 1 saturated heterocycles. The van der Waals surface area contributed by atoms with Crippen molar-refractivity contribution in [3.8, 4) is 11.5 Å². The predicted molar refractivity (Wildman–Crippen MR) is 125 cm³/mol. The number of thioether (sulfide) groups is 1. The molecule has 1 fully saturated rings. The van der Waals surface area contributed by atoms with Gasteiger partial charge in [0.05, 0.1) is 24.0 Å². The Morgan fingerprint density at radius 2 is 1.91 bits per heavy atom. The molecule has 3 heterocycles. The average molecular weight is 450 g/mol. The van der Waals surface area contributed by atoms with Crippen molar-refractivity contribution in [2.75, 3.05) is 36.5 Å². The molecule has 0 bridgehead atoms. The summed E-state index contributed by atoms with van der Waals surface area (Å²) in [5, 5.41) is 12.2. The largest absolute Gasteiger partial charge is 0.411 e. The van der Waals surface area contributed by atoms with Crippen LogP contribution in [0.25, 0.3) is 22.4 Å². The van der Waals surface area contributed by atoms with E-state index in [4.69, 9.17) is 9.15 Å². The maximum absolute atomic E-state index is 12.7. The Labute approximate surface area is 189 Å². The Morgan fingerprint density at radius 3 is 2.72 bits per heavy atom. The van der Waals surface area contributed by atoms with Gasteiger partial charge in [0, 0.05) is 41.6 Å². The summed E-state index contributed by atoms with van der Waals surface area (Å²) >= 11 is 1.24. The van der Waals surface area contributed by atoms with Crippen LogP contribution in [0.2, 0.25) is 0 Å². The van der Waals surface area contributed by atoms with Crippen LogP contribution in [0.3, 0.4) is 0 Å². The van der Waals surface area contributed by atoms with Crippen LogP contribution >= 0.6 is 11.8 Å². The highest BCUT2D eigenvalue weighted by Gasteiger charge is 2.20. The lowest BCUT2D eigenvalue weighted by Crippen LogP contribution is -2.36. The quantitative estimate of drug-likeness (QED) is 0.426. The molecule has 1 amide bonds. The summed E-state index contributed by atoms with van der Waals surface area (Å²) in [6.07, 6.45) is 1.85. The highest BCUT2D eigenvalue weighted by atomic mass is 32.2. The van der Waals surface area contributed by atoms with Crippen molar-refractivity contribution in [1.82, 2.24) is 15.2 Å². The number of aromatic nitrogens is 3. The second kappa shape index (κ2) is 9.05. The van der Waals surface area contributed by atoms with Crippen molar-refractivity contribution in [2.24, 2.45) is 0 Å². The minimum absolute atomic E-state index is 0.124. The third-order valence-electron chi connectivity index (χ3n) is 5.38. The van der Waals surface area contributed by atoms with E-state index >= 15 is 0 Å². The number of morpholine rings is 1. The molecule has 0 spiro atoms. The molecule has 5 rings (SSSR count). The van der Waals surface area contributed by atoms with Crippen LogP contribution in [-0.2, 0) is 9.53 Å².